The summed E-state index contributed by atoms with van der Waals surface area (Å²) in [4.78, 5) is 28.2. The normalized spacial score (nSPS) is 16.4. The van der Waals surface area contributed by atoms with Crippen molar-refractivity contribution in [1.29, 1.82) is 0 Å². The van der Waals surface area contributed by atoms with Gasteiger partial charge in [-0.05, 0) is 58.4 Å². The van der Waals surface area contributed by atoms with Gasteiger partial charge in [0.2, 0.25) is 0 Å². The monoisotopic (exact) mass is 452 g/mol. The summed E-state index contributed by atoms with van der Waals surface area (Å²) >= 11 is 12.2. The zero-order valence-electron chi connectivity index (χ0n) is 17.2. The lowest BCUT2D eigenvalue weighted by Gasteiger charge is -2.24. The van der Waals surface area contributed by atoms with Gasteiger partial charge in [0.15, 0.2) is 0 Å². The van der Waals surface area contributed by atoms with E-state index in [1.54, 1.807) is 25.1 Å². The summed E-state index contributed by atoms with van der Waals surface area (Å²) in [6.07, 6.45) is 1.83. The number of H-pyrrole nitrogens is 1. The zero-order valence-corrected chi connectivity index (χ0v) is 18.7. The predicted molar refractivity (Wildman–Crippen MR) is 119 cm³/mol. The molecule has 162 valence electrons. The molecule has 0 saturated carbocycles. The van der Waals surface area contributed by atoms with Gasteiger partial charge in [0.05, 0.1) is 21.8 Å². The van der Waals surface area contributed by atoms with E-state index in [4.69, 9.17) is 27.9 Å². The van der Waals surface area contributed by atoms with E-state index in [2.05, 4.69) is 20.9 Å². The van der Waals surface area contributed by atoms with Gasteiger partial charge in [-0.25, -0.2) is 0 Å². The van der Waals surface area contributed by atoms with Crippen LogP contribution in [0, 0.1) is 6.92 Å². The van der Waals surface area contributed by atoms with E-state index in [1.165, 1.54) is 0 Å². The molecule has 1 aliphatic heterocycles. The maximum absolute atomic E-state index is 12.7. The lowest BCUT2D eigenvalue weighted by molar-refractivity contribution is 0.0929. The molecule has 1 aromatic carbocycles. The number of carbonyl (C=O) groups excluding carboxylic acids is 2. The minimum Gasteiger partial charge on any atom is -0.489 e. The first-order valence-electron chi connectivity index (χ1n) is 9.93. The summed E-state index contributed by atoms with van der Waals surface area (Å²) in [6.45, 7) is 7.21. The Labute approximate surface area is 185 Å². The van der Waals surface area contributed by atoms with E-state index < -0.39 is 5.91 Å². The molecule has 2 amide bonds. The topological polar surface area (TPSA) is 95.2 Å². The van der Waals surface area contributed by atoms with Gasteiger partial charge in [-0.1, -0.05) is 23.2 Å². The van der Waals surface area contributed by atoms with Crippen molar-refractivity contribution in [2.24, 2.45) is 0 Å². The number of aromatic nitrogens is 1. The molecule has 2 aromatic rings. The van der Waals surface area contributed by atoms with Crippen LogP contribution in [-0.4, -0.2) is 42.0 Å². The van der Waals surface area contributed by atoms with Crippen molar-refractivity contribution in [3.05, 3.63) is 45.2 Å². The van der Waals surface area contributed by atoms with Gasteiger partial charge < -0.3 is 25.7 Å². The first-order chi connectivity index (χ1) is 14.3. The Bertz CT molecular complexity index is 937. The molecule has 4 N–H and O–H groups in total. The van der Waals surface area contributed by atoms with Crippen LogP contribution in [0.5, 0.6) is 5.75 Å². The van der Waals surface area contributed by atoms with Crippen LogP contribution >= 0.6 is 23.2 Å². The number of aromatic amines is 1. The molecule has 9 heteroatoms. The van der Waals surface area contributed by atoms with Crippen LogP contribution in [0.3, 0.4) is 0 Å². The molecule has 1 fully saturated rings. The van der Waals surface area contributed by atoms with Gasteiger partial charge >= 0.3 is 0 Å². The van der Waals surface area contributed by atoms with E-state index in [-0.39, 0.29) is 28.8 Å². The number of ether oxygens (including phenoxy) is 1. The van der Waals surface area contributed by atoms with Gasteiger partial charge in [0.1, 0.15) is 11.4 Å². The molecular formula is C21H26Cl2N4O3. The molecule has 1 aliphatic rings. The Morgan fingerprint density at radius 1 is 1.20 bits per heavy atom. The van der Waals surface area contributed by atoms with Crippen molar-refractivity contribution >= 4 is 40.7 Å². The predicted octanol–water partition coefficient (Wildman–Crippen LogP) is 4.15. The summed E-state index contributed by atoms with van der Waals surface area (Å²) in [6, 6.07) is 5.04. The molecule has 0 spiro atoms. The molecule has 1 atom stereocenters. The number of anilines is 1. The average molecular weight is 453 g/mol. The van der Waals surface area contributed by atoms with Crippen LogP contribution < -0.4 is 20.7 Å². The zero-order chi connectivity index (χ0) is 21.8. The number of halogens is 2. The molecule has 0 bridgehead atoms. The summed E-state index contributed by atoms with van der Waals surface area (Å²) in [5, 5.41) is 9.57. The number of aryl methyl sites for hydroxylation is 1. The van der Waals surface area contributed by atoms with Gasteiger partial charge in [-0.15, -0.1) is 0 Å². The lowest BCUT2D eigenvalue weighted by atomic mass is 10.1. The summed E-state index contributed by atoms with van der Waals surface area (Å²) in [7, 11) is 0. The van der Waals surface area contributed by atoms with Crippen LogP contribution in [0.25, 0.3) is 0 Å². The van der Waals surface area contributed by atoms with Gasteiger partial charge in [0.25, 0.3) is 11.8 Å². The van der Waals surface area contributed by atoms with Crippen LogP contribution in [0.1, 0.15) is 53.2 Å². The Balaban J connectivity index is 1.80. The SMILES string of the molecule is Cc1[nH]c(C(=O)Nc2ccc(C(=O)NC3CCCNC3)cc2OC(C)C)c(Cl)c1Cl. The average Bonchev–Trinajstić information content (AvgIpc) is 2.97. The molecule has 1 unspecified atom stereocenters. The van der Waals surface area contributed by atoms with Crippen molar-refractivity contribution in [3.63, 3.8) is 0 Å². The molecule has 1 saturated heterocycles. The van der Waals surface area contributed by atoms with Gasteiger partial charge in [0, 0.05) is 23.8 Å². The summed E-state index contributed by atoms with van der Waals surface area (Å²) < 4.78 is 5.85. The second-order valence-corrected chi connectivity index (χ2v) is 8.36. The molecule has 0 radical (unpaired) electrons. The minimum atomic E-state index is -0.450. The van der Waals surface area contributed by atoms with Crippen molar-refractivity contribution in [3.8, 4) is 5.75 Å². The third kappa shape index (κ3) is 5.28. The smallest absolute Gasteiger partial charge is 0.273 e. The second-order valence-electron chi connectivity index (χ2n) is 7.60. The summed E-state index contributed by atoms with van der Waals surface area (Å²) in [5.74, 6) is -0.225. The maximum Gasteiger partial charge on any atom is 0.273 e. The van der Waals surface area contributed by atoms with Crippen LogP contribution in [0.15, 0.2) is 18.2 Å². The van der Waals surface area contributed by atoms with Crippen LogP contribution in [-0.2, 0) is 0 Å². The fourth-order valence-corrected chi connectivity index (χ4v) is 3.69. The Morgan fingerprint density at radius 3 is 2.57 bits per heavy atom. The lowest BCUT2D eigenvalue weighted by Crippen LogP contribution is -2.45. The second kappa shape index (κ2) is 9.73. The van der Waals surface area contributed by atoms with Gasteiger partial charge in [-0.2, -0.15) is 0 Å². The Kier molecular flexibility index (Phi) is 7.28. The number of nitrogens with one attached hydrogen (secondary N) is 4. The number of amides is 2. The number of carbonyl (C=O) groups is 2. The van der Waals surface area contributed by atoms with Crippen molar-refractivity contribution in [1.82, 2.24) is 15.6 Å². The highest BCUT2D eigenvalue weighted by Crippen LogP contribution is 2.32. The fourth-order valence-electron chi connectivity index (χ4n) is 3.27. The van der Waals surface area contributed by atoms with Crippen molar-refractivity contribution in [2.75, 3.05) is 18.4 Å². The van der Waals surface area contributed by atoms with E-state index in [0.717, 1.165) is 25.9 Å². The third-order valence-electron chi connectivity index (χ3n) is 4.77. The molecule has 0 aliphatic carbocycles. The van der Waals surface area contributed by atoms with E-state index in [1.807, 2.05) is 13.8 Å². The molecule has 30 heavy (non-hydrogen) atoms. The molecule has 2 heterocycles. The van der Waals surface area contributed by atoms with Crippen LogP contribution in [0.4, 0.5) is 5.69 Å². The Morgan fingerprint density at radius 2 is 1.97 bits per heavy atom. The van der Waals surface area contributed by atoms with E-state index in [0.29, 0.717) is 27.7 Å². The van der Waals surface area contributed by atoms with Crippen molar-refractivity contribution in [2.45, 2.75) is 45.8 Å². The van der Waals surface area contributed by atoms with Crippen LogP contribution in [0.2, 0.25) is 10.0 Å². The number of rotatable bonds is 6. The van der Waals surface area contributed by atoms with E-state index in [9.17, 15) is 9.59 Å². The Hall–Kier alpha value is -2.22. The maximum atomic E-state index is 12.7. The number of piperidine rings is 1. The standard InChI is InChI=1S/C21H26Cl2N4O3/c1-11(2)30-16-9-13(20(28)26-14-5-4-8-24-10-14)6-7-15(16)27-21(29)19-18(23)17(22)12(3)25-19/h6-7,9,11,14,24-25H,4-5,8,10H2,1-3H3,(H,26,28)(H,27,29). The number of hydrogen-bond acceptors (Lipinski definition) is 4. The minimum absolute atomic E-state index is 0.100. The molecule has 3 rings (SSSR count). The number of hydrogen-bond donors (Lipinski definition) is 4. The van der Waals surface area contributed by atoms with Gasteiger partial charge in [-0.3, -0.25) is 9.59 Å². The van der Waals surface area contributed by atoms with Crippen molar-refractivity contribution < 1.29 is 14.3 Å². The first kappa shape index (κ1) is 22.5. The third-order valence-corrected chi connectivity index (χ3v) is 5.71. The van der Waals surface area contributed by atoms with E-state index >= 15 is 0 Å². The molecule has 7 nitrogen and oxygen atoms in total. The first-order valence-corrected chi connectivity index (χ1v) is 10.7. The number of benzene rings is 1. The highest BCUT2D eigenvalue weighted by Gasteiger charge is 2.21. The molecular weight excluding hydrogens is 427 g/mol. The largest absolute Gasteiger partial charge is 0.489 e. The summed E-state index contributed by atoms with van der Waals surface area (Å²) in [5.41, 5.74) is 1.67. The quantitative estimate of drug-likeness (QED) is 0.529. The highest BCUT2D eigenvalue weighted by atomic mass is 35.5. The molecule has 1 aromatic heterocycles. The highest BCUT2D eigenvalue weighted by molar-refractivity contribution is 6.44. The fraction of sp³-hybridized carbons (Fsp3) is 0.429.